The SMILES string of the molecule is CCCC1(c2nc(-c3ccc(Cl)cn3)no2)CCCN1. The van der Waals surface area contributed by atoms with E-state index in [1.165, 1.54) is 0 Å². The second-order valence-corrected chi connectivity index (χ2v) is 5.58. The van der Waals surface area contributed by atoms with E-state index in [1.807, 2.05) is 0 Å². The molecule has 0 aliphatic carbocycles. The first kappa shape index (κ1) is 13.5. The number of pyridine rings is 1. The molecule has 1 saturated heterocycles. The highest BCUT2D eigenvalue weighted by atomic mass is 35.5. The van der Waals surface area contributed by atoms with Crippen LogP contribution in [-0.2, 0) is 5.54 Å². The van der Waals surface area contributed by atoms with Crippen molar-refractivity contribution in [1.82, 2.24) is 20.4 Å². The number of nitrogens with zero attached hydrogens (tertiary/aromatic N) is 3. The van der Waals surface area contributed by atoms with Crippen LogP contribution in [0.1, 0.15) is 38.5 Å². The van der Waals surface area contributed by atoms with Crippen molar-refractivity contribution < 1.29 is 4.52 Å². The lowest BCUT2D eigenvalue weighted by atomic mass is 9.92. The number of aromatic nitrogens is 3. The van der Waals surface area contributed by atoms with E-state index in [0.717, 1.165) is 32.2 Å². The third-order valence-electron chi connectivity index (χ3n) is 3.71. The van der Waals surface area contributed by atoms with Crippen LogP contribution in [0.2, 0.25) is 5.02 Å². The monoisotopic (exact) mass is 292 g/mol. The fourth-order valence-electron chi connectivity index (χ4n) is 2.77. The van der Waals surface area contributed by atoms with E-state index in [9.17, 15) is 0 Å². The predicted molar refractivity (Wildman–Crippen MR) is 76.4 cm³/mol. The zero-order chi connectivity index (χ0) is 14.0. The molecule has 1 unspecified atom stereocenters. The molecule has 0 bridgehead atoms. The van der Waals surface area contributed by atoms with Crippen molar-refractivity contribution >= 4 is 11.6 Å². The molecule has 5 nitrogen and oxygen atoms in total. The summed E-state index contributed by atoms with van der Waals surface area (Å²) in [5, 5.41) is 8.17. The maximum absolute atomic E-state index is 5.83. The first-order chi connectivity index (χ1) is 9.73. The van der Waals surface area contributed by atoms with Gasteiger partial charge in [-0.25, -0.2) is 0 Å². The molecule has 3 rings (SSSR count). The van der Waals surface area contributed by atoms with Crippen LogP contribution < -0.4 is 5.32 Å². The molecule has 1 aliphatic heterocycles. The van der Waals surface area contributed by atoms with Gasteiger partial charge in [-0.3, -0.25) is 4.98 Å². The highest BCUT2D eigenvalue weighted by Crippen LogP contribution is 2.34. The minimum Gasteiger partial charge on any atom is -0.337 e. The summed E-state index contributed by atoms with van der Waals surface area (Å²) in [6, 6.07) is 3.57. The van der Waals surface area contributed by atoms with Gasteiger partial charge in [0, 0.05) is 6.20 Å². The smallest absolute Gasteiger partial charge is 0.247 e. The summed E-state index contributed by atoms with van der Waals surface area (Å²) in [4.78, 5) is 8.76. The van der Waals surface area contributed by atoms with E-state index in [2.05, 4.69) is 27.4 Å². The predicted octanol–water partition coefficient (Wildman–Crippen LogP) is 3.16. The molecule has 0 saturated carbocycles. The molecule has 0 spiro atoms. The molecule has 3 heterocycles. The number of hydrogen-bond donors (Lipinski definition) is 1. The van der Waals surface area contributed by atoms with E-state index < -0.39 is 0 Å². The van der Waals surface area contributed by atoms with Gasteiger partial charge in [0.1, 0.15) is 5.69 Å². The molecule has 0 radical (unpaired) electrons. The van der Waals surface area contributed by atoms with Gasteiger partial charge in [0.2, 0.25) is 11.7 Å². The Bertz CT molecular complexity index is 575. The summed E-state index contributed by atoms with van der Waals surface area (Å²) in [7, 11) is 0. The van der Waals surface area contributed by atoms with E-state index >= 15 is 0 Å². The fraction of sp³-hybridized carbons (Fsp3) is 0.500. The molecule has 0 aromatic carbocycles. The minimum atomic E-state index is -0.160. The molecule has 20 heavy (non-hydrogen) atoms. The first-order valence-electron chi connectivity index (χ1n) is 6.95. The van der Waals surface area contributed by atoms with Crippen molar-refractivity contribution in [1.29, 1.82) is 0 Å². The molecule has 0 amide bonds. The Balaban J connectivity index is 1.91. The van der Waals surface area contributed by atoms with E-state index in [4.69, 9.17) is 16.1 Å². The lowest BCUT2D eigenvalue weighted by Gasteiger charge is -2.24. The van der Waals surface area contributed by atoms with Gasteiger partial charge >= 0.3 is 0 Å². The summed E-state index contributed by atoms with van der Waals surface area (Å²) in [6.07, 6.45) is 5.84. The van der Waals surface area contributed by atoms with Crippen molar-refractivity contribution in [2.75, 3.05) is 6.54 Å². The van der Waals surface area contributed by atoms with E-state index in [-0.39, 0.29) is 5.54 Å². The third kappa shape index (κ3) is 2.43. The molecule has 1 atom stereocenters. The molecule has 1 fully saturated rings. The normalized spacial score (nSPS) is 22.3. The Morgan fingerprint density at radius 1 is 1.45 bits per heavy atom. The van der Waals surface area contributed by atoms with Crippen LogP contribution in [0.25, 0.3) is 11.5 Å². The Kier molecular flexibility index (Phi) is 3.72. The fourth-order valence-corrected chi connectivity index (χ4v) is 2.88. The van der Waals surface area contributed by atoms with Gasteiger partial charge in [-0.05, 0) is 37.9 Å². The zero-order valence-electron chi connectivity index (χ0n) is 11.4. The van der Waals surface area contributed by atoms with Gasteiger partial charge in [-0.2, -0.15) is 4.98 Å². The summed E-state index contributed by atoms with van der Waals surface area (Å²) < 4.78 is 5.49. The topological polar surface area (TPSA) is 63.8 Å². The lowest BCUT2D eigenvalue weighted by Crippen LogP contribution is -2.36. The molecule has 2 aromatic rings. The van der Waals surface area contributed by atoms with Crippen molar-refractivity contribution in [2.24, 2.45) is 0 Å². The molecular weight excluding hydrogens is 276 g/mol. The Labute approximate surface area is 122 Å². The van der Waals surface area contributed by atoms with Crippen LogP contribution in [0.5, 0.6) is 0 Å². The molecule has 6 heteroatoms. The molecule has 1 aliphatic rings. The van der Waals surface area contributed by atoms with Crippen LogP contribution in [0.3, 0.4) is 0 Å². The summed E-state index contributed by atoms with van der Waals surface area (Å²) in [5.41, 5.74) is 0.515. The van der Waals surface area contributed by atoms with Gasteiger partial charge in [-0.1, -0.05) is 30.1 Å². The second-order valence-electron chi connectivity index (χ2n) is 5.15. The first-order valence-corrected chi connectivity index (χ1v) is 7.32. The standard InChI is InChI=1S/C14H17ClN4O/c1-2-6-14(7-3-8-17-14)13-18-12(19-20-13)11-5-4-10(15)9-16-11/h4-5,9,17H,2-3,6-8H2,1H3. The van der Waals surface area contributed by atoms with Crippen molar-refractivity contribution in [3.05, 3.63) is 29.2 Å². The van der Waals surface area contributed by atoms with Gasteiger partial charge < -0.3 is 9.84 Å². The summed E-state index contributed by atoms with van der Waals surface area (Å²) in [5.74, 6) is 1.18. The molecular formula is C14H17ClN4O. The van der Waals surface area contributed by atoms with Crippen molar-refractivity contribution in [2.45, 2.75) is 38.1 Å². The number of halogens is 1. The number of nitrogens with one attached hydrogen (secondary N) is 1. The van der Waals surface area contributed by atoms with Crippen molar-refractivity contribution in [3.8, 4) is 11.5 Å². The quantitative estimate of drug-likeness (QED) is 0.938. The van der Waals surface area contributed by atoms with Gasteiger partial charge in [0.15, 0.2) is 0 Å². The van der Waals surface area contributed by atoms with Crippen LogP contribution in [0.15, 0.2) is 22.9 Å². The van der Waals surface area contributed by atoms with Crippen molar-refractivity contribution in [3.63, 3.8) is 0 Å². The van der Waals surface area contributed by atoms with E-state index in [0.29, 0.717) is 22.4 Å². The highest BCUT2D eigenvalue weighted by molar-refractivity contribution is 6.30. The maximum atomic E-state index is 5.83. The molecule has 106 valence electrons. The van der Waals surface area contributed by atoms with Gasteiger partial charge in [0.05, 0.1) is 10.6 Å². The van der Waals surface area contributed by atoms with Gasteiger partial charge in [0.25, 0.3) is 0 Å². The Morgan fingerprint density at radius 3 is 3.00 bits per heavy atom. The second kappa shape index (κ2) is 5.50. The average Bonchev–Trinajstić information content (AvgIpc) is 3.09. The van der Waals surface area contributed by atoms with E-state index in [1.54, 1.807) is 18.3 Å². The number of rotatable bonds is 4. The maximum Gasteiger partial charge on any atom is 0.247 e. The highest BCUT2D eigenvalue weighted by Gasteiger charge is 2.39. The Hall–Kier alpha value is -1.46. The number of hydrogen-bond acceptors (Lipinski definition) is 5. The van der Waals surface area contributed by atoms with Crippen LogP contribution in [0, 0.1) is 0 Å². The largest absolute Gasteiger partial charge is 0.337 e. The summed E-state index contributed by atoms with van der Waals surface area (Å²) >= 11 is 5.83. The third-order valence-corrected chi connectivity index (χ3v) is 3.94. The minimum absolute atomic E-state index is 0.160. The van der Waals surface area contributed by atoms with Crippen LogP contribution in [0.4, 0.5) is 0 Å². The lowest BCUT2D eigenvalue weighted by molar-refractivity contribution is 0.241. The summed E-state index contributed by atoms with van der Waals surface area (Å²) in [6.45, 7) is 3.16. The zero-order valence-corrected chi connectivity index (χ0v) is 12.2. The van der Waals surface area contributed by atoms with Crippen LogP contribution in [-0.4, -0.2) is 21.7 Å². The van der Waals surface area contributed by atoms with Crippen LogP contribution >= 0.6 is 11.6 Å². The molecule has 1 N–H and O–H groups in total. The average molecular weight is 293 g/mol. The van der Waals surface area contributed by atoms with Gasteiger partial charge in [-0.15, -0.1) is 0 Å². The Morgan fingerprint density at radius 2 is 2.35 bits per heavy atom. The molecule has 2 aromatic heterocycles.